The van der Waals surface area contributed by atoms with Gasteiger partial charge in [-0.25, -0.2) is 8.42 Å². The number of methoxy groups -OCH3 is 1. The number of aliphatic hydroxyl groups excluding tert-OH is 1. The van der Waals surface area contributed by atoms with E-state index in [4.69, 9.17) is 9.47 Å². The Morgan fingerprint density at radius 2 is 1.80 bits per heavy atom. The number of morpholine rings is 1. The molecule has 0 saturated carbocycles. The Labute approximate surface area is 203 Å². The van der Waals surface area contributed by atoms with Gasteiger partial charge in [0.25, 0.3) is 11.7 Å². The van der Waals surface area contributed by atoms with Crippen molar-refractivity contribution in [2.75, 3.05) is 46.6 Å². The summed E-state index contributed by atoms with van der Waals surface area (Å²) < 4.78 is 37.4. The minimum atomic E-state index is -3.74. The normalized spacial score (nSPS) is 20.9. The number of phenolic OH excluding ortho intramolecular Hbond substituents is 1. The van der Waals surface area contributed by atoms with Crippen molar-refractivity contribution in [3.63, 3.8) is 0 Å². The summed E-state index contributed by atoms with van der Waals surface area (Å²) in [5.41, 5.74) is 0.467. The molecule has 2 aromatic rings. The van der Waals surface area contributed by atoms with Crippen LogP contribution in [0.3, 0.4) is 0 Å². The molecule has 2 saturated heterocycles. The summed E-state index contributed by atoms with van der Waals surface area (Å²) in [6.45, 7) is 1.38. The molecule has 186 valence electrons. The molecule has 10 nitrogen and oxygen atoms in total. The molecule has 1 amide bonds. The van der Waals surface area contributed by atoms with E-state index in [2.05, 4.69) is 0 Å². The van der Waals surface area contributed by atoms with Crippen molar-refractivity contribution in [1.82, 2.24) is 9.21 Å². The van der Waals surface area contributed by atoms with E-state index in [0.29, 0.717) is 18.8 Å². The molecule has 0 spiro atoms. The fraction of sp³-hybridized carbons (Fsp3) is 0.333. The van der Waals surface area contributed by atoms with Crippen molar-refractivity contribution in [2.45, 2.75) is 10.9 Å². The maximum absolute atomic E-state index is 13.0. The van der Waals surface area contributed by atoms with Crippen molar-refractivity contribution in [3.05, 3.63) is 65.2 Å². The molecule has 2 heterocycles. The van der Waals surface area contributed by atoms with Crippen LogP contribution in [-0.4, -0.2) is 86.1 Å². The average molecular weight is 503 g/mol. The Morgan fingerprint density at radius 1 is 1.11 bits per heavy atom. The Balaban J connectivity index is 1.74. The summed E-state index contributed by atoms with van der Waals surface area (Å²) in [6.07, 6.45) is 0. The van der Waals surface area contributed by atoms with Crippen LogP contribution in [0.1, 0.15) is 17.2 Å². The van der Waals surface area contributed by atoms with Crippen LogP contribution in [-0.2, 0) is 29.1 Å². The molecule has 2 aliphatic rings. The highest BCUT2D eigenvalue weighted by Gasteiger charge is 2.46. The van der Waals surface area contributed by atoms with Gasteiger partial charge in [-0.1, -0.05) is 12.1 Å². The van der Waals surface area contributed by atoms with Gasteiger partial charge in [0.2, 0.25) is 10.0 Å². The second-order valence-corrected chi connectivity index (χ2v) is 10.1. The molecule has 4 rings (SSSR count). The summed E-state index contributed by atoms with van der Waals surface area (Å²) in [5, 5.41) is 21.1. The molecule has 0 radical (unpaired) electrons. The van der Waals surface area contributed by atoms with Gasteiger partial charge in [0.1, 0.15) is 11.5 Å². The van der Waals surface area contributed by atoms with Crippen LogP contribution in [0.4, 0.5) is 0 Å². The largest absolute Gasteiger partial charge is 0.508 e. The number of aromatic hydroxyl groups is 1. The van der Waals surface area contributed by atoms with Gasteiger partial charge in [-0.05, 0) is 42.0 Å². The number of aliphatic hydroxyl groups is 1. The number of hydrogen-bond acceptors (Lipinski definition) is 8. The Morgan fingerprint density at radius 3 is 2.43 bits per heavy atom. The molecule has 2 N–H and O–H groups in total. The smallest absolute Gasteiger partial charge is 0.295 e. The first-order chi connectivity index (χ1) is 16.8. The number of sulfonamides is 1. The van der Waals surface area contributed by atoms with Gasteiger partial charge in [-0.15, -0.1) is 0 Å². The third kappa shape index (κ3) is 4.80. The van der Waals surface area contributed by atoms with Crippen molar-refractivity contribution in [3.8, 4) is 5.75 Å². The number of ketones is 1. The summed E-state index contributed by atoms with van der Waals surface area (Å²) >= 11 is 0. The summed E-state index contributed by atoms with van der Waals surface area (Å²) in [7, 11) is -2.27. The Bertz CT molecular complexity index is 1250. The number of carbonyl (C=O) groups excluding carboxylic acids is 2. The molecule has 2 aromatic carbocycles. The first-order valence-corrected chi connectivity index (χ1v) is 12.4. The van der Waals surface area contributed by atoms with Crippen LogP contribution < -0.4 is 0 Å². The first kappa shape index (κ1) is 24.9. The van der Waals surface area contributed by atoms with E-state index in [9.17, 15) is 28.2 Å². The fourth-order valence-corrected chi connectivity index (χ4v) is 5.63. The fourth-order valence-electron chi connectivity index (χ4n) is 4.22. The number of Topliss-reactive ketones (excluding diaryl/α,β-unsaturated/α-hetero) is 1. The number of nitrogens with zero attached hydrogens (tertiary/aromatic N) is 2. The first-order valence-electron chi connectivity index (χ1n) is 11.0. The van der Waals surface area contributed by atoms with Gasteiger partial charge in [-0.3, -0.25) is 9.59 Å². The van der Waals surface area contributed by atoms with E-state index in [-0.39, 0.29) is 48.0 Å². The molecular weight excluding hydrogens is 476 g/mol. The lowest BCUT2D eigenvalue weighted by molar-refractivity contribution is -0.140. The lowest BCUT2D eigenvalue weighted by Gasteiger charge is -2.26. The molecule has 11 heteroatoms. The number of benzene rings is 2. The van der Waals surface area contributed by atoms with Gasteiger partial charge in [0.15, 0.2) is 0 Å². The van der Waals surface area contributed by atoms with E-state index in [1.807, 2.05) is 0 Å². The van der Waals surface area contributed by atoms with E-state index >= 15 is 0 Å². The molecule has 2 aliphatic heterocycles. The van der Waals surface area contributed by atoms with E-state index in [0.717, 1.165) is 0 Å². The SMILES string of the molecule is COCCN1C(=O)C(=O)C(=C(O)c2ccc(S(=O)(=O)N3CCOCC3)cc2)C1c1cccc(O)c1. The Hall–Kier alpha value is -3.25. The molecule has 0 aliphatic carbocycles. The maximum Gasteiger partial charge on any atom is 0.295 e. The number of likely N-dealkylation sites (tertiary alicyclic amines) is 1. The van der Waals surface area contributed by atoms with Gasteiger partial charge in [-0.2, -0.15) is 4.31 Å². The lowest BCUT2D eigenvalue weighted by atomic mass is 9.95. The zero-order chi connectivity index (χ0) is 25.2. The maximum atomic E-state index is 13.0. The Kier molecular flexibility index (Phi) is 7.22. The van der Waals surface area contributed by atoms with Crippen LogP contribution in [0.15, 0.2) is 59.0 Å². The monoisotopic (exact) mass is 502 g/mol. The number of phenols is 1. The van der Waals surface area contributed by atoms with Gasteiger partial charge in [0.05, 0.1) is 36.3 Å². The number of amides is 1. The number of carbonyl (C=O) groups is 2. The van der Waals surface area contributed by atoms with Crippen molar-refractivity contribution in [1.29, 1.82) is 0 Å². The summed E-state index contributed by atoms with van der Waals surface area (Å²) in [5.74, 6) is -2.18. The number of hydrogen-bond donors (Lipinski definition) is 2. The average Bonchev–Trinajstić information content (AvgIpc) is 3.12. The van der Waals surface area contributed by atoms with Crippen molar-refractivity contribution in [2.24, 2.45) is 0 Å². The van der Waals surface area contributed by atoms with Crippen molar-refractivity contribution >= 4 is 27.5 Å². The quantitative estimate of drug-likeness (QED) is 0.330. The predicted molar refractivity (Wildman–Crippen MR) is 125 cm³/mol. The van der Waals surface area contributed by atoms with Gasteiger partial charge in [0, 0.05) is 32.3 Å². The van der Waals surface area contributed by atoms with Crippen LogP contribution in [0.2, 0.25) is 0 Å². The minimum absolute atomic E-state index is 0.0426. The molecule has 1 unspecified atom stereocenters. The standard InChI is InChI=1S/C24H26N2O8S/c1-33-12-11-26-21(17-3-2-4-18(27)15-17)20(23(29)24(26)30)22(28)16-5-7-19(8-6-16)35(31,32)25-9-13-34-14-10-25/h2-8,15,21,27-28H,9-14H2,1H3. The molecule has 0 aromatic heterocycles. The molecule has 0 bridgehead atoms. The molecule has 2 fully saturated rings. The van der Waals surface area contributed by atoms with Gasteiger partial charge < -0.3 is 24.6 Å². The highest BCUT2D eigenvalue weighted by Crippen LogP contribution is 2.40. The predicted octanol–water partition coefficient (Wildman–Crippen LogP) is 1.48. The van der Waals surface area contributed by atoms with E-state index < -0.39 is 33.5 Å². The highest BCUT2D eigenvalue weighted by atomic mass is 32.2. The zero-order valence-corrected chi connectivity index (χ0v) is 19.9. The van der Waals surface area contributed by atoms with E-state index in [1.165, 1.54) is 52.7 Å². The van der Waals surface area contributed by atoms with E-state index in [1.54, 1.807) is 12.1 Å². The third-order valence-corrected chi connectivity index (χ3v) is 7.91. The molecule has 35 heavy (non-hydrogen) atoms. The van der Waals surface area contributed by atoms with Crippen LogP contribution >= 0.6 is 0 Å². The van der Waals surface area contributed by atoms with Crippen LogP contribution in [0.25, 0.3) is 5.76 Å². The lowest BCUT2D eigenvalue weighted by Crippen LogP contribution is -2.40. The highest BCUT2D eigenvalue weighted by molar-refractivity contribution is 7.89. The van der Waals surface area contributed by atoms with Crippen LogP contribution in [0, 0.1) is 0 Å². The second kappa shape index (κ2) is 10.2. The summed E-state index contributed by atoms with van der Waals surface area (Å²) in [4.78, 5) is 27.1. The number of ether oxygens (including phenoxy) is 2. The summed E-state index contributed by atoms with van der Waals surface area (Å²) in [6, 6.07) is 10.6. The molecule has 1 atom stereocenters. The zero-order valence-electron chi connectivity index (χ0n) is 19.1. The number of rotatable bonds is 7. The third-order valence-electron chi connectivity index (χ3n) is 6.00. The van der Waals surface area contributed by atoms with Gasteiger partial charge >= 0.3 is 0 Å². The second-order valence-electron chi connectivity index (χ2n) is 8.12. The topological polar surface area (TPSA) is 134 Å². The van der Waals surface area contributed by atoms with Crippen molar-refractivity contribution < 1.29 is 37.7 Å². The van der Waals surface area contributed by atoms with Crippen LogP contribution in [0.5, 0.6) is 5.75 Å². The molecular formula is C24H26N2O8S. The minimum Gasteiger partial charge on any atom is -0.508 e.